The minimum absolute atomic E-state index is 0.926. The van der Waals surface area contributed by atoms with Crippen LogP contribution < -0.4 is 0 Å². The zero-order valence-corrected chi connectivity index (χ0v) is 8.36. The Morgan fingerprint density at radius 3 is 2.43 bits per heavy atom. The Labute approximate surface area is 83.7 Å². The molecule has 70 valence electrons. The molecule has 0 atom stereocenters. The molecule has 0 aliphatic carbocycles. The second-order valence-electron chi connectivity index (χ2n) is 3.31. The molecule has 2 nitrogen and oxygen atoms in total. The molecule has 0 aliphatic heterocycles. The van der Waals surface area contributed by atoms with E-state index in [-0.39, 0.29) is 0 Å². The molecule has 0 fully saturated rings. The van der Waals surface area contributed by atoms with Crippen molar-refractivity contribution in [2.75, 3.05) is 0 Å². The standard InChI is InChI=1S/C12H12N2/c1-9-6-7-12(14-10(9)2)11-5-3-4-8-13-11/h3-8H,1-2H3. The Morgan fingerprint density at radius 1 is 0.929 bits per heavy atom. The van der Waals surface area contributed by atoms with E-state index < -0.39 is 0 Å². The molecule has 2 heterocycles. The lowest BCUT2D eigenvalue weighted by molar-refractivity contribution is 1.14. The van der Waals surface area contributed by atoms with Gasteiger partial charge in [0.25, 0.3) is 0 Å². The summed E-state index contributed by atoms with van der Waals surface area (Å²) in [5.74, 6) is 0. The zero-order chi connectivity index (χ0) is 9.97. The number of rotatable bonds is 1. The predicted molar refractivity (Wildman–Crippen MR) is 56.9 cm³/mol. The number of pyridine rings is 2. The summed E-state index contributed by atoms with van der Waals surface area (Å²) in [6, 6.07) is 9.93. The first-order valence-electron chi connectivity index (χ1n) is 4.63. The topological polar surface area (TPSA) is 25.8 Å². The van der Waals surface area contributed by atoms with Gasteiger partial charge in [0.1, 0.15) is 0 Å². The Kier molecular flexibility index (Phi) is 2.27. The molecule has 0 N–H and O–H groups in total. The Balaban J connectivity index is 2.48. The van der Waals surface area contributed by atoms with Crippen molar-refractivity contribution < 1.29 is 0 Å². The molecule has 2 heteroatoms. The summed E-state index contributed by atoms with van der Waals surface area (Å²) in [5.41, 5.74) is 4.14. The normalized spacial score (nSPS) is 10.1. The van der Waals surface area contributed by atoms with E-state index in [1.54, 1.807) is 6.20 Å². The van der Waals surface area contributed by atoms with Gasteiger partial charge in [0.2, 0.25) is 0 Å². The third-order valence-corrected chi connectivity index (χ3v) is 2.28. The largest absolute Gasteiger partial charge is 0.255 e. The van der Waals surface area contributed by atoms with Crippen LogP contribution >= 0.6 is 0 Å². The van der Waals surface area contributed by atoms with Crippen molar-refractivity contribution in [3.8, 4) is 11.4 Å². The van der Waals surface area contributed by atoms with Crippen LogP contribution in [0.4, 0.5) is 0 Å². The molecule has 2 rings (SSSR count). The molecular weight excluding hydrogens is 172 g/mol. The van der Waals surface area contributed by atoms with Gasteiger partial charge in [-0.3, -0.25) is 9.97 Å². The molecule has 0 saturated heterocycles. The number of hydrogen-bond acceptors (Lipinski definition) is 2. The van der Waals surface area contributed by atoms with Crippen LogP contribution in [0, 0.1) is 13.8 Å². The van der Waals surface area contributed by atoms with Crippen LogP contribution in [0.15, 0.2) is 36.5 Å². The maximum atomic E-state index is 4.48. The van der Waals surface area contributed by atoms with E-state index in [4.69, 9.17) is 0 Å². The van der Waals surface area contributed by atoms with Gasteiger partial charge in [-0.1, -0.05) is 12.1 Å². The number of aryl methyl sites for hydroxylation is 2. The van der Waals surface area contributed by atoms with Gasteiger partial charge in [-0.05, 0) is 37.6 Å². The van der Waals surface area contributed by atoms with Crippen LogP contribution in [0.2, 0.25) is 0 Å². The third kappa shape index (κ3) is 1.64. The van der Waals surface area contributed by atoms with E-state index in [1.165, 1.54) is 5.56 Å². The van der Waals surface area contributed by atoms with Gasteiger partial charge in [-0.25, -0.2) is 0 Å². The molecule has 2 aromatic heterocycles. The van der Waals surface area contributed by atoms with E-state index in [2.05, 4.69) is 23.0 Å². The van der Waals surface area contributed by atoms with E-state index in [0.717, 1.165) is 17.1 Å². The van der Waals surface area contributed by atoms with Gasteiger partial charge in [0.15, 0.2) is 0 Å². The fourth-order valence-corrected chi connectivity index (χ4v) is 1.29. The number of hydrogen-bond donors (Lipinski definition) is 0. The minimum Gasteiger partial charge on any atom is -0.255 e. The maximum Gasteiger partial charge on any atom is 0.0889 e. The van der Waals surface area contributed by atoms with Crippen molar-refractivity contribution in [2.45, 2.75) is 13.8 Å². The highest BCUT2D eigenvalue weighted by Crippen LogP contribution is 2.15. The van der Waals surface area contributed by atoms with Crippen LogP contribution in [0.3, 0.4) is 0 Å². The van der Waals surface area contributed by atoms with Gasteiger partial charge in [0, 0.05) is 11.9 Å². The highest BCUT2D eigenvalue weighted by Gasteiger charge is 2.00. The second-order valence-corrected chi connectivity index (χ2v) is 3.31. The Morgan fingerprint density at radius 2 is 1.79 bits per heavy atom. The zero-order valence-electron chi connectivity index (χ0n) is 8.36. The fourth-order valence-electron chi connectivity index (χ4n) is 1.29. The van der Waals surface area contributed by atoms with Crippen molar-refractivity contribution in [2.24, 2.45) is 0 Å². The van der Waals surface area contributed by atoms with Crippen molar-refractivity contribution in [1.82, 2.24) is 9.97 Å². The summed E-state index contributed by atoms with van der Waals surface area (Å²) in [6.45, 7) is 4.08. The highest BCUT2D eigenvalue weighted by molar-refractivity contribution is 5.54. The number of aromatic nitrogens is 2. The third-order valence-electron chi connectivity index (χ3n) is 2.28. The van der Waals surface area contributed by atoms with Crippen LogP contribution in [0.25, 0.3) is 11.4 Å². The maximum absolute atomic E-state index is 4.48. The monoisotopic (exact) mass is 184 g/mol. The first kappa shape index (κ1) is 8.88. The summed E-state index contributed by atoms with van der Waals surface area (Å²) in [6.07, 6.45) is 1.78. The molecule has 2 aromatic rings. The van der Waals surface area contributed by atoms with E-state index >= 15 is 0 Å². The quantitative estimate of drug-likeness (QED) is 0.681. The second kappa shape index (κ2) is 3.58. The molecule has 14 heavy (non-hydrogen) atoms. The van der Waals surface area contributed by atoms with Gasteiger partial charge in [-0.15, -0.1) is 0 Å². The molecule has 0 saturated carbocycles. The van der Waals surface area contributed by atoms with Crippen molar-refractivity contribution in [3.63, 3.8) is 0 Å². The summed E-state index contributed by atoms with van der Waals surface area (Å²) in [4.78, 5) is 8.74. The molecule has 0 amide bonds. The molecule has 0 spiro atoms. The van der Waals surface area contributed by atoms with Gasteiger partial charge >= 0.3 is 0 Å². The van der Waals surface area contributed by atoms with Crippen LogP contribution in [0.1, 0.15) is 11.3 Å². The number of nitrogens with zero attached hydrogens (tertiary/aromatic N) is 2. The van der Waals surface area contributed by atoms with Gasteiger partial charge in [0.05, 0.1) is 11.4 Å². The lowest BCUT2D eigenvalue weighted by Crippen LogP contribution is -1.91. The van der Waals surface area contributed by atoms with E-state index in [1.807, 2.05) is 31.2 Å². The SMILES string of the molecule is Cc1ccc(-c2ccccn2)nc1C. The summed E-state index contributed by atoms with van der Waals surface area (Å²) in [7, 11) is 0. The lowest BCUT2D eigenvalue weighted by Gasteiger charge is -2.02. The van der Waals surface area contributed by atoms with Crippen LogP contribution in [0.5, 0.6) is 0 Å². The molecule has 0 bridgehead atoms. The Bertz CT molecular complexity index is 435. The molecular formula is C12H12N2. The summed E-state index contributed by atoms with van der Waals surface area (Å²) in [5, 5.41) is 0. The average molecular weight is 184 g/mol. The van der Waals surface area contributed by atoms with Crippen LogP contribution in [-0.4, -0.2) is 9.97 Å². The average Bonchev–Trinajstić information content (AvgIpc) is 2.23. The van der Waals surface area contributed by atoms with E-state index in [9.17, 15) is 0 Å². The van der Waals surface area contributed by atoms with Gasteiger partial charge in [-0.2, -0.15) is 0 Å². The lowest BCUT2D eigenvalue weighted by atomic mass is 10.2. The summed E-state index contributed by atoms with van der Waals surface area (Å²) >= 11 is 0. The summed E-state index contributed by atoms with van der Waals surface area (Å²) < 4.78 is 0. The molecule has 0 unspecified atom stereocenters. The van der Waals surface area contributed by atoms with Crippen molar-refractivity contribution >= 4 is 0 Å². The van der Waals surface area contributed by atoms with Crippen molar-refractivity contribution in [1.29, 1.82) is 0 Å². The van der Waals surface area contributed by atoms with E-state index in [0.29, 0.717) is 0 Å². The smallest absolute Gasteiger partial charge is 0.0889 e. The Hall–Kier alpha value is -1.70. The molecule has 0 aliphatic rings. The first-order chi connectivity index (χ1) is 6.77. The first-order valence-corrected chi connectivity index (χ1v) is 4.63. The fraction of sp³-hybridized carbons (Fsp3) is 0.167. The minimum atomic E-state index is 0.926. The highest BCUT2D eigenvalue weighted by atomic mass is 14.8. The molecule has 0 aromatic carbocycles. The van der Waals surface area contributed by atoms with Crippen molar-refractivity contribution in [3.05, 3.63) is 47.8 Å². The van der Waals surface area contributed by atoms with Gasteiger partial charge < -0.3 is 0 Å². The van der Waals surface area contributed by atoms with Crippen LogP contribution in [-0.2, 0) is 0 Å². The predicted octanol–water partition coefficient (Wildman–Crippen LogP) is 2.76. The molecule has 0 radical (unpaired) electrons.